The highest BCUT2D eigenvalue weighted by Gasteiger charge is 2.39. The SMILES string of the molecule is N#Cc1c(F)cccc1OC1c2ccccc2CC1N1CCCC(N)C1. The van der Waals surface area contributed by atoms with Gasteiger partial charge < -0.3 is 10.5 Å². The molecule has 26 heavy (non-hydrogen) atoms. The summed E-state index contributed by atoms with van der Waals surface area (Å²) in [4.78, 5) is 2.39. The molecule has 5 heteroatoms. The molecule has 2 aromatic rings. The van der Waals surface area contributed by atoms with Gasteiger partial charge in [-0.25, -0.2) is 4.39 Å². The van der Waals surface area contributed by atoms with Crippen LogP contribution in [0.2, 0.25) is 0 Å². The van der Waals surface area contributed by atoms with Crippen molar-refractivity contribution in [1.29, 1.82) is 5.26 Å². The van der Waals surface area contributed by atoms with E-state index in [2.05, 4.69) is 17.0 Å². The number of piperidine rings is 1. The maximum atomic E-state index is 14.0. The van der Waals surface area contributed by atoms with Gasteiger partial charge in [0.05, 0.1) is 6.04 Å². The molecule has 0 radical (unpaired) electrons. The van der Waals surface area contributed by atoms with Crippen molar-refractivity contribution in [2.75, 3.05) is 13.1 Å². The van der Waals surface area contributed by atoms with E-state index in [9.17, 15) is 9.65 Å². The van der Waals surface area contributed by atoms with Crippen LogP contribution in [0.4, 0.5) is 4.39 Å². The minimum absolute atomic E-state index is 0.0361. The largest absolute Gasteiger partial charge is 0.483 e. The Kier molecular flexibility index (Phi) is 4.62. The minimum Gasteiger partial charge on any atom is -0.483 e. The van der Waals surface area contributed by atoms with Gasteiger partial charge in [0.15, 0.2) is 0 Å². The van der Waals surface area contributed by atoms with E-state index >= 15 is 0 Å². The Morgan fingerprint density at radius 2 is 2.04 bits per heavy atom. The first-order valence-electron chi connectivity index (χ1n) is 9.10. The van der Waals surface area contributed by atoms with Crippen molar-refractivity contribution < 1.29 is 9.13 Å². The van der Waals surface area contributed by atoms with Crippen molar-refractivity contribution in [3.63, 3.8) is 0 Å². The number of hydrogen-bond acceptors (Lipinski definition) is 4. The Bertz CT molecular complexity index is 847. The molecule has 0 spiro atoms. The number of nitrogens with zero attached hydrogens (tertiary/aromatic N) is 2. The Morgan fingerprint density at radius 1 is 1.19 bits per heavy atom. The Morgan fingerprint density at radius 3 is 2.85 bits per heavy atom. The van der Waals surface area contributed by atoms with E-state index in [1.807, 2.05) is 18.2 Å². The average molecular weight is 351 g/mol. The van der Waals surface area contributed by atoms with E-state index in [-0.39, 0.29) is 23.8 Å². The maximum Gasteiger partial charge on any atom is 0.144 e. The van der Waals surface area contributed by atoms with Crippen LogP contribution >= 0.6 is 0 Å². The molecule has 0 amide bonds. The van der Waals surface area contributed by atoms with E-state index < -0.39 is 5.82 Å². The van der Waals surface area contributed by atoms with Gasteiger partial charge in [-0.2, -0.15) is 5.26 Å². The van der Waals surface area contributed by atoms with Crippen molar-refractivity contribution in [3.8, 4) is 11.8 Å². The van der Waals surface area contributed by atoms with Crippen LogP contribution in [0.1, 0.15) is 35.6 Å². The van der Waals surface area contributed by atoms with Gasteiger partial charge in [-0.05, 0) is 49.1 Å². The predicted molar refractivity (Wildman–Crippen MR) is 97.2 cm³/mol. The number of likely N-dealkylation sites (tertiary alicyclic amines) is 1. The zero-order valence-electron chi connectivity index (χ0n) is 14.6. The summed E-state index contributed by atoms with van der Waals surface area (Å²) in [7, 11) is 0. The van der Waals surface area contributed by atoms with Crippen LogP contribution in [0.25, 0.3) is 0 Å². The van der Waals surface area contributed by atoms with E-state index in [0.717, 1.165) is 37.9 Å². The molecule has 2 aromatic carbocycles. The van der Waals surface area contributed by atoms with Crippen molar-refractivity contribution in [2.45, 2.75) is 37.5 Å². The topological polar surface area (TPSA) is 62.3 Å². The van der Waals surface area contributed by atoms with Crippen molar-refractivity contribution in [1.82, 2.24) is 4.90 Å². The summed E-state index contributed by atoms with van der Waals surface area (Å²) >= 11 is 0. The van der Waals surface area contributed by atoms with Crippen molar-refractivity contribution in [3.05, 3.63) is 65.0 Å². The van der Waals surface area contributed by atoms with Gasteiger partial charge >= 0.3 is 0 Å². The minimum atomic E-state index is -0.548. The lowest BCUT2D eigenvalue weighted by Gasteiger charge is -2.38. The van der Waals surface area contributed by atoms with Gasteiger partial charge in [0.2, 0.25) is 0 Å². The molecule has 1 saturated heterocycles. The Labute approximate surface area is 153 Å². The fourth-order valence-corrected chi connectivity index (χ4v) is 4.19. The van der Waals surface area contributed by atoms with Crippen LogP contribution in [0, 0.1) is 17.1 Å². The number of ether oxygens (including phenoxy) is 1. The van der Waals surface area contributed by atoms with E-state index in [0.29, 0.717) is 5.75 Å². The first-order valence-corrected chi connectivity index (χ1v) is 9.10. The highest BCUT2D eigenvalue weighted by molar-refractivity contribution is 5.45. The smallest absolute Gasteiger partial charge is 0.144 e. The quantitative estimate of drug-likeness (QED) is 0.923. The van der Waals surface area contributed by atoms with Crippen molar-refractivity contribution >= 4 is 0 Å². The lowest BCUT2D eigenvalue weighted by Crippen LogP contribution is -2.49. The number of benzene rings is 2. The predicted octanol–water partition coefficient (Wildman–Crippen LogP) is 3.17. The summed E-state index contributed by atoms with van der Waals surface area (Å²) < 4.78 is 20.3. The van der Waals surface area contributed by atoms with Gasteiger partial charge in [-0.15, -0.1) is 0 Å². The molecule has 1 aliphatic heterocycles. The molecule has 0 aromatic heterocycles. The second kappa shape index (κ2) is 7.06. The Hall–Kier alpha value is -2.42. The molecule has 3 atom stereocenters. The second-order valence-corrected chi connectivity index (χ2v) is 7.13. The molecule has 1 fully saturated rings. The molecule has 2 N–H and O–H groups in total. The van der Waals surface area contributed by atoms with Crippen LogP contribution < -0.4 is 10.5 Å². The lowest BCUT2D eigenvalue weighted by molar-refractivity contribution is 0.0590. The van der Waals surface area contributed by atoms with Gasteiger partial charge in [0.25, 0.3) is 0 Å². The summed E-state index contributed by atoms with van der Waals surface area (Å²) in [5.74, 6) is -0.242. The monoisotopic (exact) mass is 351 g/mol. The third kappa shape index (κ3) is 3.07. The third-order valence-electron chi connectivity index (χ3n) is 5.44. The number of hydrogen-bond donors (Lipinski definition) is 1. The summed E-state index contributed by atoms with van der Waals surface area (Å²) in [6, 6.07) is 15.0. The standard InChI is InChI=1S/C21H22FN3O/c22-18-8-3-9-20(17(18)12-23)26-21-16-7-2-1-5-14(16)11-19(21)25-10-4-6-15(24)13-25/h1-3,5,7-9,15,19,21H,4,6,10-11,13,24H2. The number of rotatable bonds is 3. The zero-order valence-corrected chi connectivity index (χ0v) is 14.6. The summed E-state index contributed by atoms with van der Waals surface area (Å²) in [5.41, 5.74) is 8.51. The van der Waals surface area contributed by atoms with Crippen LogP contribution in [-0.4, -0.2) is 30.1 Å². The highest BCUT2D eigenvalue weighted by Crippen LogP contribution is 2.39. The fraction of sp³-hybridized carbons (Fsp3) is 0.381. The molecule has 3 unspecified atom stereocenters. The number of nitriles is 1. The average Bonchev–Trinajstić information content (AvgIpc) is 3.01. The molecular formula is C21H22FN3O. The highest BCUT2D eigenvalue weighted by atomic mass is 19.1. The zero-order chi connectivity index (χ0) is 18.1. The van der Waals surface area contributed by atoms with Gasteiger partial charge in [-0.1, -0.05) is 30.3 Å². The fourth-order valence-electron chi connectivity index (χ4n) is 4.19. The third-order valence-corrected chi connectivity index (χ3v) is 5.44. The van der Waals surface area contributed by atoms with Gasteiger partial charge in [-0.3, -0.25) is 4.90 Å². The second-order valence-electron chi connectivity index (χ2n) is 7.13. The van der Waals surface area contributed by atoms with E-state index in [4.69, 9.17) is 10.5 Å². The molecule has 134 valence electrons. The molecule has 0 saturated carbocycles. The molecule has 4 rings (SSSR count). The Balaban J connectivity index is 1.68. The normalized spacial score (nSPS) is 25.5. The first-order chi connectivity index (χ1) is 12.7. The van der Waals surface area contributed by atoms with E-state index in [1.54, 1.807) is 12.1 Å². The summed E-state index contributed by atoms with van der Waals surface area (Å²) in [5, 5.41) is 9.32. The number of nitrogens with two attached hydrogens (primary N) is 1. The van der Waals surface area contributed by atoms with Crippen LogP contribution in [0.5, 0.6) is 5.75 Å². The lowest BCUT2D eigenvalue weighted by atomic mass is 10.0. The molecule has 1 heterocycles. The number of fused-ring (bicyclic) bond motifs is 1. The molecule has 0 bridgehead atoms. The summed E-state index contributed by atoms with van der Waals surface area (Å²) in [6.45, 7) is 1.83. The van der Waals surface area contributed by atoms with Crippen LogP contribution in [0.3, 0.4) is 0 Å². The van der Waals surface area contributed by atoms with Gasteiger partial charge in [0.1, 0.15) is 29.3 Å². The molecule has 1 aliphatic carbocycles. The molecule has 2 aliphatic rings. The first kappa shape index (κ1) is 17.0. The van der Waals surface area contributed by atoms with Crippen molar-refractivity contribution in [2.24, 2.45) is 5.73 Å². The summed E-state index contributed by atoms with van der Waals surface area (Å²) in [6.07, 6.45) is 2.77. The van der Waals surface area contributed by atoms with E-state index in [1.165, 1.54) is 11.6 Å². The van der Waals surface area contributed by atoms with Crippen LogP contribution in [0.15, 0.2) is 42.5 Å². The van der Waals surface area contributed by atoms with Gasteiger partial charge in [0, 0.05) is 12.6 Å². The van der Waals surface area contributed by atoms with Crippen LogP contribution in [-0.2, 0) is 6.42 Å². The molecule has 4 nitrogen and oxygen atoms in total. The number of halogens is 1. The molecular weight excluding hydrogens is 329 g/mol. The maximum absolute atomic E-state index is 14.0.